The fraction of sp³-hybridized carbons (Fsp3) is 0.579. The van der Waals surface area contributed by atoms with E-state index in [-0.39, 0.29) is 35.8 Å². The lowest BCUT2D eigenvalue weighted by atomic mass is 10.2. The van der Waals surface area contributed by atoms with Gasteiger partial charge in [-0.05, 0) is 31.9 Å². The molecule has 1 saturated heterocycles. The van der Waals surface area contributed by atoms with Crippen LogP contribution < -0.4 is 15.5 Å². The first kappa shape index (κ1) is 21.6. The van der Waals surface area contributed by atoms with Gasteiger partial charge in [0.25, 0.3) is 0 Å². The SMILES string of the molecule is CCNC(=NCCNC(=O)C1CC1)N1CCN(c2ccccc2O)CC1.I. The third-order valence-electron chi connectivity index (χ3n) is 4.76. The second kappa shape index (κ2) is 10.6. The molecule has 1 aromatic carbocycles. The van der Waals surface area contributed by atoms with Gasteiger partial charge >= 0.3 is 0 Å². The molecule has 3 N–H and O–H groups in total. The zero-order chi connectivity index (χ0) is 18.4. The number of nitrogens with one attached hydrogen (secondary N) is 2. The maximum atomic E-state index is 11.7. The van der Waals surface area contributed by atoms with Gasteiger partial charge < -0.3 is 25.5 Å². The summed E-state index contributed by atoms with van der Waals surface area (Å²) in [5.74, 6) is 1.63. The molecule has 150 valence electrons. The van der Waals surface area contributed by atoms with Gasteiger partial charge in [-0.15, -0.1) is 24.0 Å². The molecule has 1 amide bonds. The number of amides is 1. The zero-order valence-corrected chi connectivity index (χ0v) is 18.2. The van der Waals surface area contributed by atoms with Crippen LogP contribution >= 0.6 is 24.0 Å². The smallest absolute Gasteiger partial charge is 0.223 e. The number of carbonyl (C=O) groups is 1. The van der Waals surface area contributed by atoms with E-state index in [1.54, 1.807) is 6.07 Å². The lowest BCUT2D eigenvalue weighted by Crippen LogP contribution is -2.52. The van der Waals surface area contributed by atoms with Gasteiger partial charge in [0.1, 0.15) is 5.75 Å². The van der Waals surface area contributed by atoms with Gasteiger partial charge in [-0.1, -0.05) is 12.1 Å². The number of aliphatic imine (C=N–C) groups is 1. The van der Waals surface area contributed by atoms with Crippen LogP contribution in [0.2, 0.25) is 0 Å². The highest BCUT2D eigenvalue weighted by atomic mass is 127. The minimum absolute atomic E-state index is 0. The number of phenolic OH excluding ortho intramolecular Hbond substituents is 1. The van der Waals surface area contributed by atoms with Crippen molar-refractivity contribution in [1.82, 2.24) is 15.5 Å². The molecule has 0 spiro atoms. The summed E-state index contributed by atoms with van der Waals surface area (Å²) in [5, 5.41) is 16.3. The summed E-state index contributed by atoms with van der Waals surface area (Å²) in [7, 11) is 0. The summed E-state index contributed by atoms with van der Waals surface area (Å²) in [6.07, 6.45) is 2.05. The minimum atomic E-state index is 0. The predicted octanol–water partition coefficient (Wildman–Crippen LogP) is 1.62. The molecule has 27 heavy (non-hydrogen) atoms. The largest absolute Gasteiger partial charge is 0.506 e. The zero-order valence-electron chi connectivity index (χ0n) is 15.9. The topological polar surface area (TPSA) is 80.2 Å². The summed E-state index contributed by atoms with van der Waals surface area (Å²) < 4.78 is 0. The summed E-state index contributed by atoms with van der Waals surface area (Å²) in [6.45, 7) is 7.39. The van der Waals surface area contributed by atoms with Gasteiger partial charge in [-0.3, -0.25) is 9.79 Å². The Morgan fingerprint density at radius 2 is 1.89 bits per heavy atom. The third kappa shape index (κ3) is 6.15. The van der Waals surface area contributed by atoms with Crippen LogP contribution in [0.4, 0.5) is 5.69 Å². The van der Waals surface area contributed by atoms with E-state index >= 15 is 0 Å². The van der Waals surface area contributed by atoms with E-state index in [2.05, 4.69) is 32.3 Å². The number of benzene rings is 1. The maximum Gasteiger partial charge on any atom is 0.223 e. The Balaban J connectivity index is 0.00000261. The van der Waals surface area contributed by atoms with E-state index in [1.807, 2.05) is 18.2 Å². The monoisotopic (exact) mass is 487 g/mol. The van der Waals surface area contributed by atoms with E-state index in [9.17, 15) is 9.90 Å². The molecule has 2 aliphatic rings. The molecule has 1 heterocycles. The van der Waals surface area contributed by atoms with Crippen LogP contribution in [0.1, 0.15) is 19.8 Å². The molecule has 1 aliphatic heterocycles. The molecule has 0 radical (unpaired) electrons. The lowest BCUT2D eigenvalue weighted by molar-refractivity contribution is -0.122. The van der Waals surface area contributed by atoms with E-state index in [0.717, 1.165) is 57.2 Å². The molecule has 0 aromatic heterocycles. The molecule has 1 saturated carbocycles. The van der Waals surface area contributed by atoms with Crippen molar-refractivity contribution in [3.63, 3.8) is 0 Å². The molecular formula is C19H30IN5O2. The predicted molar refractivity (Wildman–Crippen MR) is 119 cm³/mol. The fourth-order valence-electron chi connectivity index (χ4n) is 3.15. The Hall–Kier alpha value is -1.71. The summed E-state index contributed by atoms with van der Waals surface area (Å²) in [6, 6.07) is 7.46. The highest BCUT2D eigenvalue weighted by molar-refractivity contribution is 14.0. The Bertz CT molecular complexity index is 643. The summed E-state index contributed by atoms with van der Waals surface area (Å²) in [5.41, 5.74) is 0.886. The van der Waals surface area contributed by atoms with Gasteiger partial charge in [-0.2, -0.15) is 0 Å². The molecule has 3 rings (SSSR count). The van der Waals surface area contributed by atoms with Crippen molar-refractivity contribution in [2.24, 2.45) is 10.9 Å². The van der Waals surface area contributed by atoms with Crippen molar-refractivity contribution in [2.45, 2.75) is 19.8 Å². The fourth-order valence-corrected chi connectivity index (χ4v) is 3.15. The number of phenols is 1. The summed E-state index contributed by atoms with van der Waals surface area (Å²) >= 11 is 0. The molecule has 7 nitrogen and oxygen atoms in total. The number of anilines is 1. The number of rotatable bonds is 6. The average molecular weight is 487 g/mol. The maximum absolute atomic E-state index is 11.7. The molecule has 1 aromatic rings. The molecule has 2 fully saturated rings. The number of carbonyl (C=O) groups excluding carboxylic acids is 1. The quantitative estimate of drug-likeness (QED) is 0.246. The van der Waals surface area contributed by atoms with Gasteiger partial charge in [0, 0.05) is 45.2 Å². The number of halogens is 1. The Kier molecular flexibility index (Phi) is 8.46. The van der Waals surface area contributed by atoms with Gasteiger partial charge in [0.2, 0.25) is 5.91 Å². The van der Waals surface area contributed by atoms with Crippen molar-refractivity contribution < 1.29 is 9.90 Å². The second-order valence-corrected chi connectivity index (χ2v) is 6.76. The van der Waals surface area contributed by atoms with E-state index < -0.39 is 0 Å². The normalized spacial score (nSPS) is 17.3. The van der Waals surface area contributed by atoms with Crippen molar-refractivity contribution >= 4 is 41.5 Å². The Morgan fingerprint density at radius 3 is 2.52 bits per heavy atom. The lowest BCUT2D eigenvalue weighted by Gasteiger charge is -2.37. The number of para-hydroxylation sites is 2. The van der Waals surface area contributed by atoms with Gasteiger partial charge in [0.05, 0.1) is 12.2 Å². The van der Waals surface area contributed by atoms with E-state index in [4.69, 9.17) is 0 Å². The first-order valence-electron chi connectivity index (χ1n) is 9.53. The standard InChI is InChI=1S/C19H29N5O2.HI/c1-2-20-19(22-10-9-21-18(26)15-7-8-15)24-13-11-23(12-14-24)16-5-3-4-6-17(16)25;/h3-6,15,25H,2,7-14H2,1H3,(H,20,22)(H,21,26);1H. The highest BCUT2D eigenvalue weighted by Crippen LogP contribution is 2.28. The number of aromatic hydroxyl groups is 1. The number of guanidine groups is 1. The van der Waals surface area contributed by atoms with Crippen molar-refractivity contribution in [2.75, 3.05) is 50.7 Å². The molecule has 0 atom stereocenters. The van der Waals surface area contributed by atoms with E-state index in [0.29, 0.717) is 18.8 Å². The molecular weight excluding hydrogens is 457 g/mol. The number of nitrogens with zero attached hydrogens (tertiary/aromatic N) is 3. The van der Waals surface area contributed by atoms with Crippen LogP contribution in [0.25, 0.3) is 0 Å². The van der Waals surface area contributed by atoms with Gasteiger partial charge in [-0.25, -0.2) is 0 Å². The molecule has 1 aliphatic carbocycles. The molecule has 0 unspecified atom stereocenters. The van der Waals surface area contributed by atoms with Crippen LogP contribution in [-0.2, 0) is 4.79 Å². The minimum Gasteiger partial charge on any atom is -0.506 e. The van der Waals surface area contributed by atoms with Crippen LogP contribution in [0.3, 0.4) is 0 Å². The first-order valence-corrected chi connectivity index (χ1v) is 9.53. The number of hydrogen-bond donors (Lipinski definition) is 3. The number of piperazine rings is 1. The molecule has 8 heteroatoms. The van der Waals surface area contributed by atoms with E-state index in [1.165, 1.54) is 0 Å². The van der Waals surface area contributed by atoms with Crippen LogP contribution in [0, 0.1) is 5.92 Å². The second-order valence-electron chi connectivity index (χ2n) is 6.76. The van der Waals surface area contributed by atoms with Crippen molar-refractivity contribution in [1.29, 1.82) is 0 Å². The Labute approximate surface area is 178 Å². The first-order chi connectivity index (χ1) is 12.7. The van der Waals surface area contributed by atoms with Crippen LogP contribution in [-0.4, -0.2) is 67.7 Å². The number of hydrogen-bond acceptors (Lipinski definition) is 4. The van der Waals surface area contributed by atoms with Crippen LogP contribution in [0.15, 0.2) is 29.3 Å². The van der Waals surface area contributed by atoms with Crippen LogP contribution in [0.5, 0.6) is 5.75 Å². The van der Waals surface area contributed by atoms with Gasteiger partial charge in [0.15, 0.2) is 5.96 Å². The highest BCUT2D eigenvalue weighted by Gasteiger charge is 2.29. The van der Waals surface area contributed by atoms with Crippen molar-refractivity contribution in [3.05, 3.63) is 24.3 Å². The average Bonchev–Trinajstić information content (AvgIpc) is 3.50. The third-order valence-corrected chi connectivity index (χ3v) is 4.76. The summed E-state index contributed by atoms with van der Waals surface area (Å²) in [4.78, 5) is 20.8. The van der Waals surface area contributed by atoms with Crippen molar-refractivity contribution in [3.8, 4) is 5.75 Å². The Morgan fingerprint density at radius 1 is 1.19 bits per heavy atom. The molecule has 0 bridgehead atoms.